The number of hydrogen-bond donors (Lipinski definition) is 1. The van der Waals surface area contributed by atoms with Gasteiger partial charge in [0.05, 0.1) is 31.3 Å². The van der Waals surface area contributed by atoms with Crippen molar-refractivity contribution in [1.82, 2.24) is 0 Å². The molecule has 1 aromatic rings. The molecule has 0 aliphatic rings. The van der Waals surface area contributed by atoms with Crippen LogP contribution in [-0.4, -0.2) is 33.0 Å². The smallest absolute Gasteiger partial charge is 0.342 e. The number of carbonyl (C=O) groups excluding carboxylic acids is 1. The van der Waals surface area contributed by atoms with Gasteiger partial charge in [0.2, 0.25) is 6.17 Å². The monoisotopic (exact) mass is 349 g/mol. The molecule has 1 unspecified atom stereocenters. The highest BCUT2D eigenvalue weighted by Crippen LogP contribution is 2.36. The SMILES string of the molecule is CCOC(=O)C(F)[C@H](N)c1cc(OC)c(Br)cc1OC. The van der Waals surface area contributed by atoms with E-state index in [1.165, 1.54) is 20.3 Å². The van der Waals surface area contributed by atoms with Crippen LogP contribution in [0.3, 0.4) is 0 Å². The van der Waals surface area contributed by atoms with Crippen molar-refractivity contribution in [1.29, 1.82) is 0 Å². The van der Waals surface area contributed by atoms with Crippen molar-refractivity contribution in [2.45, 2.75) is 19.1 Å². The van der Waals surface area contributed by atoms with Gasteiger partial charge in [-0.25, -0.2) is 9.18 Å². The fraction of sp³-hybridized carbons (Fsp3) is 0.462. The highest BCUT2D eigenvalue weighted by atomic mass is 79.9. The quantitative estimate of drug-likeness (QED) is 0.798. The normalized spacial score (nSPS) is 13.5. The topological polar surface area (TPSA) is 70.8 Å². The zero-order valence-electron chi connectivity index (χ0n) is 11.5. The van der Waals surface area contributed by atoms with Crippen molar-refractivity contribution in [2.24, 2.45) is 5.73 Å². The average molecular weight is 350 g/mol. The van der Waals surface area contributed by atoms with Crippen LogP contribution in [0.15, 0.2) is 16.6 Å². The van der Waals surface area contributed by atoms with E-state index in [0.29, 0.717) is 21.5 Å². The molecule has 1 rings (SSSR count). The minimum Gasteiger partial charge on any atom is -0.496 e. The summed E-state index contributed by atoms with van der Waals surface area (Å²) >= 11 is 3.29. The zero-order valence-corrected chi connectivity index (χ0v) is 13.1. The molecule has 20 heavy (non-hydrogen) atoms. The summed E-state index contributed by atoms with van der Waals surface area (Å²) < 4.78 is 29.5. The molecule has 0 spiro atoms. The first-order chi connectivity index (χ1) is 9.46. The molecule has 0 saturated heterocycles. The molecule has 0 radical (unpaired) electrons. The van der Waals surface area contributed by atoms with Gasteiger partial charge in [-0.3, -0.25) is 0 Å². The van der Waals surface area contributed by atoms with Crippen molar-refractivity contribution < 1.29 is 23.4 Å². The van der Waals surface area contributed by atoms with E-state index in [9.17, 15) is 9.18 Å². The zero-order chi connectivity index (χ0) is 15.3. The molecule has 0 heterocycles. The number of esters is 1. The Morgan fingerprint density at radius 1 is 1.35 bits per heavy atom. The number of alkyl halides is 1. The summed E-state index contributed by atoms with van der Waals surface area (Å²) in [5.74, 6) is -0.173. The molecular weight excluding hydrogens is 333 g/mol. The average Bonchev–Trinajstić information content (AvgIpc) is 2.45. The van der Waals surface area contributed by atoms with Crippen molar-refractivity contribution in [3.63, 3.8) is 0 Å². The predicted molar refractivity (Wildman–Crippen MR) is 75.7 cm³/mol. The van der Waals surface area contributed by atoms with Gasteiger partial charge in [0.15, 0.2) is 0 Å². The van der Waals surface area contributed by atoms with E-state index in [1.54, 1.807) is 13.0 Å². The molecule has 0 aromatic heterocycles. The van der Waals surface area contributed by atoms with E-state index in [2.05, 4.69) is 20.7 Å². The third-order valence-electron chi connectivity index (χ3n) is 2.69. The molecule has 0 aliphatic carbocycles. The Morgan fingerprint density at radius 3 is 2.45 bits per heavy atom. The van der Waals surface area contributed by atoms with Gasteiger partial charge in [0.25, 0.3) is 0 Å². The molecule has 1 aromatic carbocycles. The van der Waals surface area contributed by atoms with Gasteiger partial charge < -0.3 is 19.9 Å². The second kappa shape index (κ2) is 7.44. The van der Waals surface area contributed by atoms with Crippen LogP contribution in [0.2, 0.25) is 0 Å². The second-order valence-electron chi connectivity index (χ2n) is 3.91. The number of hydrogen-bond acceptors (Lipinski definition) is 5. The van der Waals surface area contributed by atoms with Crippen molar-refractivity contribution in [2.75, 3.05) is 20.8 Å². The van der Waals surface area contributed by atoms with E-state index in [1.807, 2.05) is 0 Å². The van der Waals surface area contributed by atoms with Gasteiger partial charge in [-0.2, -0.15) is 0 Å². The van der Waals surface area contributed by atoms with Crippen molar-refractivity contribution in [3.05, 3.63) is 22.2 Å². The lowest BCUT2D eigenvalue weighted by atomic mass is 10.0. The van der Waals surface area contributed by atoms with Crippen LogP contribution in [0, 0.1) is 0 Å². The first-order valence-electron chi connectivity index (χ1n) is 5.93. The third-order valence-corrected chi connectivity index (χ3v) is 3.31. The number of rotatable bonds is 6. The van der Waals surface area contributed by atoms with Gasteiger partial charge >= 0.3 is 5.97 Å². The summed E-state index contributed by atoms with van der Waals surface area (Å²) in [4.78, 5) is 11.4. The van der Waals surface area contributed by atoms with Crippen LogP contribution >= 0.6 is 15.9 Å². The number of ether oxygens (including phenoxy) is 3. The van der Waals surface area contributed by atoms with E-state index in [0.717, 1.165) is 0 Å². The van der Waals surface area contributed by atoms with Crippen molar-refractivity contribution >= 4 is 21.9 Å². The van der Waals surface area contributed by atoms with Crippen LogP contribution in [0.5, 0.6) is 11.5 Å². The maximum absolute atomic E-state index is 14.0. The van der Waals surface area contributed by atoms with Crippen LogP contribution in [0.1, 0.15) is 18.5 Å². The Bertz CT molecular complexity index is 484. The molecule has 112 valence electrons. The first kappa shape index (κ1) is 16.7. The summed E-state index contributed by atoms with van der Waals surface area (Å²) in [7, 11) is 2.90. The first-order valence-corrected chi connectivity index (χ1v) is 6.73. The number of methoxy groups -OCH3 is 2. The minimum atomic E-state index is -1.98. The molecule has 2 N–H and O–H groups in total. The highest BCUT2D eigenvalue weighted by molar-refractivity contribution is 9.10. The lowest BCUT2D eigenvalue weighted by Crippen LogP contribution is -2.31. The molecule has 5 nitrogen and oxygen atoms in total. The third kappa shape index (κ3) is 3.61. The molecule has 0 amide bonds. The summed E-state index contributed by atoms with van der Waals surface area (Å²) in [6.45, 7) is 1.69. The largest absolute Gasteiger partial charge is 0.496 e. The van der Waals surface area contributed by atoms with Crippen LogP contribution in [0.4, 0.5) is 4.39 Å². The minimum absolute atomic E-state index is 0.0900. The fourth-order valence-corrected chi connectivity index (χ4v) is 2.15. The lowest BCUT2D eigenvalue weighted by Gasteiger charge is -2.19. The predicted octanol–water partition coefficient (Wildman–Crippen LogP) is 2.37. The second-order valence-corrected chi connectivity index (χ2v) is 4.76. The Labute approximate surface area is 125 Å². The molecule has 0 bridgehead atoms. The molecule has 0 saturated carbocycles. The number of benzene rings is 1. The molecule has 2 atom stereocenters. The summed E-state index contributed by atoms with van der Waals surface area (Å²) in [5.41, 5.74) is 6.12. The van der Waals surface area contributed by atoms with Crippen molar-refractivity contribution in [3.8, 4) is 11.5 Å². The molecule has 0 aliphatic heterocycles. The molecular formula is C13H17BrFNO4. The Hall–Kier alpha value is -1.34. The standard InChI is InChI=1S/C13H17BrFNO4/c1-4-20-13(17)11(15)12(16)7-5-10(19-3)8(14)6-9(7)18-2/h5-6,11-12H,4,16H2,1-3H3/t11?,12-/m1/s1. The number of nitrogens with two attached hydrogens (primary N) is 1. The lowest BCUT2D eigenvalue weighted by molar-refractivity contribution is -0.149. The number of carbonyl (C=O) groups is 1. The Kier molecular flexibility index (Phi) is 6.22. The van der Waals surface area contributed by atoms with Gasteiger partial charge in [-0.1, -0.05) is 0 Å². The summed E-state index contributed by atoms with van der Waals surface area (Å²) in [5, 5.41) is 0. The summed E-state index contributed by atoms with van der Waals surface area (Å²) in [6, 6.07) is 1.93. The maximum Gasteiger partial charge on any atom is 0.342 e. The van der Waals surface area contributed by atoms with Crippen LogP contribution in [0.25, 0.3) is 0 Å². The van der Waals surface area contributed by atoms with Gasteiger partial charge in [-0.15, -0.1) is 0 Å². The number of halogens is 2. The van der Waals surface area contributed by atoms with Gasteiger partial charge in [0, 0.05) is 5.56 Å². The maximum atomic E-state index is 14.0. The molecule has 7 heteroatoms. The van der Waals surface area contributed by atoms with E-state index >= 15 is 0 Å². The van der Waals surface area contributed by atoms with Crippen LogP contribution in [-0.2, 0) is 9.53 Å². The highest BCUT2D eigenvalue weighted by Gasteiger charge is 2.30. The van der Waals surface area contributed by atoms with E-state index in [-0.39, 0.29) is 6.61 Å². The van der Waals surface area contributed by atoms with Gasteiger partial charge in [-0.05, 0) is 35.0 Å². The van der Waals surface area contributed by atoms with E-state index in [4.69, 9.17) is 15.2 Å². The van der Waals surface area contributed by atoms with E-state index < -0.39 is 18.2 Å². The molecule has 0 fully saturated rings. The van der Waals surface area contributed by atoms with Gasteiger partial charge in [0.1, 0.15) is 11.5 Å². The fourth-order valence-electron chi connectivity index (χ4n) is 1.67. The Morgan fingerprint density at radius 2 is 1.95 bits per heavy atom. The van der Waals surface area contributed by atoms with Crippen LogP contribution < -0.4 is 15.2 Å². The Balaban J connectivity index is 3.13. The summed E-state index contributed by atoms with van der Waals surface area (Å²) in [6.07, 6.45) is -1.98.